The quantitative estimate of drug-likeness (QED) is 0.709. The Balaban J connectivity index is 1.70. The summed E-state index contributed by atoms with van der Waals surface area (Å²) in [7, 11) is 0. The number of amides is 3. The fourth-order valence-electron chi connectivity index (χ4n) is 4.47. The van der Waals surface area contributed by atoms with Crippen molar-refractivity contribution in [1.29, 1.82) is 5.26 Å². The van der Waals surface area contributed by atoms with Crippen molar-refractivity contribution in [2.24, 2.45) is 0 Å². The number of halogens is 1. The van der Waals surface area contributed by atoms with E-state index in [1.807, 2.05) is 18.2 Å². The van der Waals surface area contributed by atoms with Crippen LogP contribution < -0.4 is 4.90 Å². The summed E-state index contributed by atoms with van der Waals surface area (Å²) < 4.78 is 0. The van der Waals surface area contributed by atoms with Crippen LogP contribution in [0.1, 0.15) is 42.4 Å². The molecule has 1 aromatic heterocycles. The molecule has 148 valence electrons. The van der Waals surface area contributed by atoms with Crippen molar-refractivity contribution in [3.05, 3.63) is 58.4 Å². The van der Waals surface area contributed by atoms with Crippen LogP contribution in [-0.2, 0) is 11.2 Å². The number of urea groups is 1. The van der Waals surface area contributed by atoms with E-state index in [0.29, 0.717) is 42.6 Å². The summed E-state index contributed by atoms with van der Waals surface area (Å²) in [6, 6.07) is 8.78. The van der Waals surface area contributed by atoms with Gasteiger partial charge in [-0.2, -0.15) is 5.26 Å². The Labute approximate surface area is 174 Å². The molecule has 1 aromatic carbocycles. The van der Waals surface area contributed by atoms with Gasteiger partial charge in [0.05, 0.1) is 16.3 Å². The molecule has 1 aliphatic heterocycles. The van der Waals surface area contributed by atoms with Gasteiger partial charge in [-0.3, -0.25) is 9.78 Å². The lowest BCUT2D eigenvalue weighted by Gasteiger charge is -2.31. The van der Waals surface area contributed by atoms with Gasteiger partial charge in [0.15, 0.2) is 0 Å². The second kappa shape index (κ2) is 7.49. The zero-order valence-electron chi connectivity index (χ0n) is 16.2. The average molecular weight is 409 g/mol. The minimum Gasteiger partial charge on any atom is -0.309 e. The van der Waals surface area contributed by atoms with Crippen molar-refractivity contribution in [2.75, 3.05) is 11.4 Å². The van der Waals surface area contributed by atoms with Gasteiger partial charge in [-0.1, -0.05) is 24.4 Å². The van der Waals surface area contributed by atoms with Gasteiger partial charge in [0.1, 0.15) is 11.6 Å². The number of benzene rings is 1. The number of pyridine rings is 1. The Kier molecular flexibility index (Phi) is 5.01. The number of carbonyl (C=O) groups excluding carboxylic acids is 2. The van der Waals surface area contributed by atoms with E-state index in [1.54, 1.807) is 36.4 Å². The molecule has 2 heterocycles. The van der Waals surface area contributed by atoms with E-state index in [-0.39, 0.29) is 17.0 Å². The second-order valence-electron chi connectivity index (χ2n) is 7.60. The number of imide groups is 1. The molecule has 0 radical (unpaired) electrons. The third kappa shape index (κ3) is 3.06. The van der Waals surface area contributed by atoms with Crippen LogP contribution in [0.4, 0.5) is 10.5 Å². The summed E-state index contributed by atoms with van der Waals surface area (Å²) in [6.07, 6.45) is 7.31. The first-order valence-electron chi connectivity index (χ1n) is 9.74. The molecule has 2 aromatic rings. The first kappa shape index (κ1) is 19.4. The van der Waals surface area contributed by atoms with Gasteiger partial charge in [0.2, 0.25) is 0 Å². The Bertz CT molecular complexity index is 1010. The predicted octanol–water partition coefficient (Wildman–Crippen LogP) is 4.24. The average Bonchev–Trinajstić information content (AvgIpc) is 3.29. The van der Waals surface area contributed by atoms with Crippen LogP contribution in [0.15, 0.2) is 36.7 Å². The Hall–Kier alpha value is -2.91. The molecule has 0 unspecified atom stereocenters. The van der Waals surface area contributed by atoms with Gasteiger partial charge < -0.3 is 4.90 Å². The molecule has 6 nitrogen and oxygen atoms in total. The first-order valence-corrected chi connectivity index (χ1v) is 10.1. The molecule has 1 saturated heterocycles. The molecule has 0 atom stereocenters. The number of hydrogen-bond donors (Lipinski definition) is 0. The lowest BCUT2D eigenvalue weighted by molar-refractivity contribution is -0.124. The van der Waals surface area contributed by atoms with Crippen molar-refractivity contribution < 1.29 is 9.59 Å². The first-order chi connectivity index (χ1) is 14.0. The molecule has 0 bridgehead atoms. The monoisotopic (exact) mass is 408 g/mol. The van der Waals surface area contributed by atoms with Crippen LogP contribution in [0.2, 0.25) is 5.02 Å². The highest BCUT2D eigenvalue weighted by molar-refractivity contribution is 6.33. The standard InChI is InChI=1S/C22H21ClN4O2/c1-15-18(5-4-17(14-24)19(15)23)27-20(28)22(9-2-3-10-22)26(21(27)29)13-8-16-6-11-25-12-7-16/h4-7,11-12H,2-3,8-10,13H2,1H3. The molecule has 4 rings (SSSR count). The highest BCUT2D eigenvalue weighted by Gasteiger charge is 2.58. The minimum absolute atomic E-state index is 0.182. The number of hydrogen-bond acceptors (Lipinski definition) is 4. The maximum absolute atomic E-state index is 13.5. The molecular formula is C22H21ClN4O2. The van der Waals surface area contributed by atoms with E-state index in [9.17, 15) is 14.9 Å². The lowest BCUT2D eigenvalue weighted by atomic mass is 9.95. The maximum Gasteiger partial charge on any atom is 0.332 e. The van der Waals surface area contributed by atoms with Crippen LogP contribution in [0.25, 0.3) is 0 Å². The molecular weight excluding hydrogens is 388 g/mol. The van der Waals surface area contributed by atoms with Crippen LogP contribution in [0.3, 0.4) is 0 Å². The Morgan fingerprint density at radius 2 is 1.86 bits per heavy atom. The van der Waals surface area contributed by atoms with Gasteiger partial charge in [-0.25, -0.2) is 9.69 Å². The lowest BCUT2D eigenvalue weighted by Crippen LogP contribution is -2.48. The highest BCUT2D eigenvalue weighted by Crippen LogP contribution is 2.44. The van der Waals surface area contributed by atoms with Gasteiger partial charge in [0.25, 0.3) is 5.91 Å². The summed E-state index contributed by atoms with van der Waals surface area (Å²) >= 11 is 6.31. The molecule has 29 heavy (non-hydrogen) atoms. The van der Waals surface area contributed by atoms with Crippen molar-refractivity contribution in [1.82, 2.24) is 9.88 Å². The Morgan fingerprint density at radius 3 is 2.52 bits per heavy atom. The molecule has 0 N–H and O–H groups in total. The summed E-state index contributed by atoms with van der Waals surface area (Å²) in [6.45, 7) is 2.20. The van der Waals surface area contributed by atoms with Crippen molar-refractivity contribution >= 4 is 29.2 Å². The number of nitriles is 1. The van der Waals surface area contributed by atoms with Gasteiger partial charge in [-0.05, 0) is 61.6 Å². The van der Waals surface area contributed by atoms with E-state index in [1.165, 1.54) is 4.90 Å². The molecule has 1 aliphatic carbocycles. The largest absolute Gasteiger partial charge is 0.332 e. The van der Waals surface area contributed by atoms with Crippen LogP contribution in [-0.4, -0.2) is 33.9 Å². The topological polar surface area (TPSA) is 77.3 Å². The van der Waals surface area contributed by atoms with E-state index < -0.39 is 5.54 Å². The number of nitrogens with zero attached hydrogens (tertiary/aromatic N) is 4. The van der Waals surface area contributed by atoms with Crippen LogP contribution in [0, 0.1) is 18.3 Å². The highest BCUT2D eigenvalue weighted by atomic mass is 35.5. The number of anilines is 1. The minimum atomic E-state index is -0.781. The van der Waals surface area contributed by atoms with E-state index in [4.69, 9.17) is 11.6 Å². The van der Waals surface area contributed by atoms with Crippen molar-refractivity contribution in [3.8, 4) is 6.07 Å². The summed E-state index contributed by atoms with van der Waals surface area (Å²) in [4.78, 5) is 34.0. The van der Waals surface area contributed by atoms with Crippen molar-refractivity contribution in [2.45, 2.75) is 44.6 Å². The normalized spacial score (nSPS) is 18.0. The third-order valence-electron chi connectivity index (χ3n) is 6.06. The maximum atomic E-state index is 13.5. The van der Waals surface area contributed by atoms with Crippen molar-refractivity contribution in [3.63, 3.8) is 0 Å². The van der Waals surface area contributed by atoms with Crippen LogP contribution >= 0.6 is 11.6 Å². The number of aromatic nitrogens is 1. The molecule has 1 spiro atoms. The molecule has 1 saturated carbocycles. The fourth-order valence-corrected chi connectivity index (χ4v) is 4.68. The molecule has 7 heteroatoms. The number of rotatable bonds is 4. The van der Waals surface area contributed by atoms with E-state index in [0.717, 1.165) is 18.4 Å². The smallest absolute Gasteiger partial charge is 0.309 e. The molecule has 3 amide bonds. The van der Waals surface area contributed by atoms with E-state index in [2.05, 4.69) is 4.98 Å². The second-order valence-corrected chi connectivity index (χ2v) is 7.98. The summed E-state index contributed by atoms with van der Waals surface area (Å²) in [5.74, 6) is -0.182. The van der Waals surface area contributed by atoms with Gasteiger partial charge in [-0.15, -0.1) is 0 Å². The zero-order chi connectivity index (χ0) is 20.6. The SMILES string of the molecule is Cc1c(N2C(=O)N(CCc3ccncc3)C3(CCCC3)C2=O)ccc(C#N)c1Cl. The van der Waals surface area contributed by atoms with E-state index >= 15 is 0 Å². The zero-order valence-corrected chi connectivity index (χ0v) is 16.9. The Morgan fingerprint density at radius 1 is 1.17 bits per heavy atom. The third-order valence-corrected chi connectivity index (χ3v) is 6.55. The fraction of sp³-hybridized carbons (Fsp3) is 0.364. The van der Waals surface area contributed by atoms with Gasteiger partial charge in [0, 0.05) is 18.9 Å². The summed E-state index contributed by atoms with van der Waals surface area (Å²) in [5.41, 5.74) is 1.65. The number of carbonyl (C=O) groups is 2. The molecule has 2 aliphatic rings. The summed E-state index contributed by atoms with van der Waals surface area (Å²) in [5, 5.41) is 9.48. The predicted molar refractivity (Wildman–Crippen MR) is 110 cm³/mol. The van der Waals surface area contributed by atoms with Gasteiger partial charge >= 0.3 is 6.03 Å². The molecule has 2 fully saturated rings. The van der Waals surface area contributed by atoms with Crippen LogP contribution in [0.5, 0.6) is 0 Å².